The van der Waals surface area contributed by atoms with E-state index in [1.165, 1.54) is 12.1 Å². The molecule has 24 heavy (non-hydrogen) atoms. The molecule has 0 aromatic heterocycles. The lowest BCUT2D eigenvalue weighted by Gasteiger charge is -2.07. The molecule has 134 valence electrons. The number of halogens is 1. The predicted molar refractivity (Wildman–Crippen MR) is 95.8 cm³/mol. The Balaban J connectivity index is 0.00000529. The van der Waals surface area contributed by atoms with Gasteiger partial charge in [-0.15, -0.1) is 24.2 Å². The Morgan fingerprint density at radius 2 is 2.00 bits per heavy atom. The van der Waals surface area contributed by atoms with Crippen molar-refractivity contribution in [3.63, 3.8) is 0 Å². The molecule has 0 aliphatic carbocycles. The van der Waals surface area contributed by atoms with Crippen LogP contribution in [0.5, 0.6) is 0 Å². The summed E-state index contributed by atoms with van der Waals surface area (Å²) >= 11 is 1.05. The van der Waals surface area contributed by atoms with Crippen LogP contribution in [-0.4, -0.2) is 42.1 Å². The van der Waals surface area contributed by atoms with Crippen LogP contribution in [0.1, 0.15) is 23.7 Å². The molecule has 0 aliphatic rings. The number of primary amides is 1. The van der Waals surface area contributed by atoms with Gasteiger partial charge in [0.2, 0.25) is 11.8 Å². The molecule has 0 unspecified atom stereocenters. The highest BCUT2D eigenvalue weighted by molar-refractivity contribution is 8.00. The average Bonchev–Trinajstić information content (AvgIpc) is 2.52. The molecule has 10 heteroatoms. The number of carbonyl (C=O) groups excluding carboxylic acids is 2. The van der Waals surface area contributed by atoms with Crippen LogP contribution < -0.4 is 16.4 Å². The van der Waals surface area contributed by atoms with Crippen molar-refractivity contribution >= 4 is 41.7 Å². The van der Waals surface area contributed by atoms with Crippen LogP contribution in [0.15, 0.2) is 23.1 Å². The second-order valence-corrected chi connectivity index (χ2v) is 5.71. The van der Waals surface area contributed by atoms with Crippen molar-refractivity contribution in [3.8, 4) is 0 Å². The van der Waals surface area contributed by atoms with Gasteiger partial charge < -0.3 is 16.4 Å². The van der Waals surface area contributed by atoms with Crippen molar-refractivity contribution in [2.45, 2.75) is 18.2 Å². The average molecular weight is 377 g/mol. The van der Waals surface area contributed by atoms with Gasteiger partial charge in [-0.25, -0.2) is 0 Å². The molecule has 1 rings (SSSR count). The van der Waals surface area contributed by atoms with Crippen LogP contribution in [0.4, 0.5) is 5.69 Å². The van der Waals surface area contributed by atoms with Crippen LogP contribution in [0.3, 0.4) is 0 Å². The smallest absolute Gasteiger partial charge is 0.283 e. The molecule has 0 atom stereocenters. The summed E-state index contributed by atoms with van der Waals surface area (Å²) in [6.45, 7) is 4.13. The standard InChI is InChI=1S/C14H20N4O4S.ClH/c1-2-5-16-6-7-17-13(19)9-23-12-4-3-10(14(15)20)8-11(12)18(21)22;/h3-4,8,16H,2,5-7,9H2,1H3,(H2,15,20)(H,17,19);1H. The molecule has 4 N–H and O–H groups in total. The number of nitro groups is 1. The summed E-state index contributed by atoms with van der Waals surface area (Å²) in [5.41, 5.74) is 4.94. The van der Waals surface area contributed by atoms with Gasteiger partial charge in [0.25, 0.3) is 5.69 Å². The van der Waals surface area contributed by atoms with Crippen molar-refractivity contribution < 1.29 is 14.5 Å². The molecular formula is C14H21ClN4O4S. The number of nitrogens with one attached hydrogen (secondary N) is 2. The summed E-state index contributed by atoms with van der Waals surface area (Å²) in [5, 5.41) is 16.9. The Hall–Kier alpha value is -1.84. The third kappa shape index (κ3) is 7.62. The van der Waals surface area contributed by atoms with Crippen LogP contribution in [-0.2, 0) is 4.79 Å². The van der Waals surface area contributed by atoms with Crippen molar-refractivity contribution in [3.05, 3.63) is 33.9 Å². The summed E-state index contributed by atoms with van der Waals surface area (Å²) in [4.78, 5) is 33.5. The van der Waals surface area contributed by atoms with E-state index in [4.69, 9.17) is 5.73 Å². The maximum atomic E-state index is 11.7. The van der Waals surface area contributed by atoms with Gasteiger partial charge in [0.1, 0.15) is 0 Å². The number of rotatable bonds is 10. The second-order valence-electron chi connectivity index (χ2n) is 4.69. The molecule has 1 aromatic carbocycles. The Morgan fingerprint density at radius 3 is 2.58 bits per heavy atom. The summed E-state index contributed by atoms with van der Waals surface area (Å²) in [5.74, 6) is -0.881. The minimum Gasteiger partial charge on any atom is -0.366 e. The molecule has 0 spiro atoms. The van der Waals surface area contributed by atoms with Crippen LogP contribution in [0, 0.1) is 10.1 Å². The zero-order valence-electron chi connectivity index (χ0n) is 13.2. The number of nitrogens with zero attached hydrogens (tertiary/aromatic N) is 1. The topological polar surface area (TPSA) is 127 Å². The molecule has 0 saturated carbocycles. The lowest BCUT2D eigenvalue weighted by atomic mass is 10.2. The van der Waals surface area contributed by atoms with Crippen molar-refractivity contribution in [2.24, 2.45) is 5.73 Å². The van der Waals surface area contributed by atoms with E-state index < -0.39 is 10.8 Å². The summed E-state index contributed by atoms with van der Waals surface area (Å²) in [6.07, 6.45) is 1.02. The number of nitrogens with two attached hydrogens (primary N) is 1. The first kappa shape index (κ1) is 22.2. The maximum absolute atomic E-state index is 11.7. The number of benzene rings is 1. The first-order valence-electron chi connectivity index (χ1n) is 7.14. The zero-order chi connectivity index (χ0) is 17.2. The number of hydrogen-bond donors (Lipinski definition) is 3. The third-order valence-electron chi connectivity index (χ3n) is 2.85. The zero-order valence-corrected chi connectivity index (χ0v) is 14.9. The Kier molecular flexibility index (Phi) is 10.8. The van der Waals surface area contributed by atoms with E-state index in [1.807, 2.05) is 0 Å². The molecule has 2 amide bonds. The first-order valence-corrected chi connectivity index (χ1v) is 8.12. The number of amides is 2. The van der Waals surface area contributed by atoms with E-state index in [-0.39, 0.29) is 35.3 Å². The third-order valence-corrected chi connectivity index (χ3v) is 3.91. The fourth-order valence-corrected chi connectivity index (χ4v) is 2.56. The summed E-state index contributed by atoms with van der Waals surface area (Å²) in [7, 11) is 0. The van der Waals surface area contributed by atoms with Gasteiger partial charge >= 0.3 is 0 Å². The van der Waals surface area contributed by atoms with Gasteiger partial charge in [-0.05, 0) is 25.1 Å². The van der Waals surface area contributed by atoms with E-state index in [0.717, 1.165) is 30.8 Å². The van der Waals surface area contributed by atoms with Crippen LogP contribution in [0.25, 0.3) is 0 Å². The van der Waals surface area contributed by atoms with E-state index in [2.05, 4.69) is 17.6 Å². The highest BCUT2D eigenvalue weighted by Gasteiger charge is 2.17. The van der Waals surface area contributed by atoms with Crippen LogP contribution in [0.2, 0.25) is 0 Å². The molecule has 0 heterocycles. The molecule has 1 aromatic rings. The molecule has 0 fully saturated rings. The molecule has 0 aliphatic heterocycles. The lowest BCUT2D eigenvalue weighted by molar-refractivity contribution is -0.387. The molecule has 0 bridgehead atoms. The van der Waals surface area contributed by atoms with Gasteiger partial charge in [-0.2, -0.15) is 0 Å². The predicted octanol–water partition coefficient (Wildman–Crippen LogP) is 1.32. The maximum Gasteiger partial charge on any atom is 0.283 e. The number of thioether (sulfide) groups is 1. The van der Waals surface area contributed by atoms with Gasteiger partial charge in [0, 0.05) is 24.7 Å². The highest BCUT2D eigenvalue weighted by atomic mass is 35.5. The van der Waals surface area contributed by atoms with Gasteiger partial charge in [0.15, 0.2) is 0 Å². The van der Waals surface area contributed by atoms with Gasteiger partial charge in [-0.3, -0.25) is 19.7 Å². The van der Waals surface area contributed by atoms with E-state index >= 15 is 0 Å². The quantitative estimate of drug-likeness (QED) is 0.244. The van der Waals surface area contributed by atoms with Crippen LogP contribution >= 0.6 is 24.2 Å². The number of hydrogen-bond acceptors (Lipinski definition) is 6. The lowest BCUT2D eigenvalue weighted by Crippen LogP contribution is -2.33. The number of carbonyl (C=O) groups is 2. The molecule has 8 nitrogen and oxygen atoms in total. The number of nitro benzene ring substituents is 1. The van der Waals surface area contributed by atoms with Crippen molar-refractivity contribution in [1.29, 1.82) is 0 Å². The summed E-state index contributed by atoms with van der Waals surface area (Å²) < 4.78 is 0. The van der Waals surface area contributed by atoms with Crippen molar-refractivity contribution in [1.82, 2.24) is 10.6 Å². The van der Waals surface area contributed by atoms with Gasteiger partial charge in [-0.1, -0.05) is 6.92 Å². The van der Waals surface area contributed by atoms with E-state index in [1.54, 1.807) is 0 Å². The van der Waals surface area contributed by atoms with E-state index in [0.29, 0.717) is 18.0 Å². The first-order chi connectivity index (χ1) is 11.0. The molecule has 0 saturated heterocycles. The second kappa shape index (κ2) is 11.7. The summed E-state index contributed by atoms with van der Waals surface area (Å²) in [6, 6.07) is 3.96. The largest absolute Gasteiger partial charge is 0.366 e. The normalized spacial score (nSPS) is 9.88. The van der Waals surface area contributed by atoms with E-state index in [9.17, 15) is 19.7 Å². The monoisotopic (exact) mass is 376 g/mol. The molecular weight excluding hydrogens is 356 g/mol. The Labute approximate surface area is 150 Å². The fourth-order valence-electron chi connectivity index (χ4n) is 1.72. The highest BCUT2D eigenvalue weighted by Crippen LogP contribution is 2.29. The Morgan fingerprint density at radius 1 is 1.29 bits per heavy atom. The SMILES string of the molecule is CCCNCCNC(=O)CSc1ccc(C(N)=O)cc1[N+](=O)[O-].Cl. The molecule has 0 radical (unpaired) electrons. The minimum atomic E-state index is -0.734. The minimum absolute atomic E-state index is 0. The van der Waals surface area contributed by atoms with Crippen molar-refractivity contribution in [2.75, 3.05) is 25.4 Å². The fraction of sp³-hybridized carbons (Fsp3) is 0.429. The Bertz CT molecular complexity index is 586. The van der Waals surface area contributed by atoms with Gasteiger partial charge in [0.05, 0.1) is 15.6 Å².